The van der Waals surface area contributed by atoms with Crippen molar-refractivity contribution in [2.45, 2.75) is 113 Å². The van der Waals surface area contributed by atoms with Gasteiger partial charge in [-0.15, -0.1) is 0 Å². The lowest BCUT2D eigenvalue weighted by Gasteiger charge is -2.71. The molecule has 4 saturated carbocycles. The third-order valence-corrected chi connectivity index (χ3v) is 13.2. The first-order chi connectivity index (χ1) is 14.8. The largest absolute Gasteiger partial charge is 0.481 e. The number of aliphatic carboxylic acids is 1. The lowest BCUT2D eigenvalue weighted by Crippen LogP contribution is -2.64. The van der Waals surface area contributed by atoms with E-state index in [1.807, 2.05) is 0 Å². The summed E-state index contributed by atoms with van der Waals surface area (Å²) in [7, 11) is 0. The van der Waals surface area contributed by atoms with Gasteiger partial charge in [-0.1, -0.05) is 66.5 Å². The van der Waals surface area contributed by atoms with Gasteiger partial charge in [0, 0.05) is 0 Å². The summed E-state index contributed by atoms with van der Waals surface area (Å²) in [5.74, 6) is 2.36. The van der Waals surface area contributed by atoms with Crippen LogP contribution in [0.4, 0.5) is 0 Å². The highest BCUT2D eigenvalue weighted by atomic mass is 16.4. The van der Waals surface area contributed by atoms with E-state index in [4.69, 9.17) is 0 Å². The summed E-state index contributed by atoms with van der Waals surface area (Å²) in [5.41, 5.74) is 2.38. The van der Waals surface area contributed by atoms with Crippen LogP contribution in [0.1, 0.15) is 113 Å². The molecule has 1 N–H and O–H groups in total. The molecule has 32 heavy (non-hydrogen) atoms. The van der Waals surface area contributed by atoms with E-state index in [0.29, 0.717) is 28.1 Å². The second-order valence-corrected chi connectivity index (χ2v) is 14.5. The van der Waals surface area contributed by atoms with E-state index in [-0.39, 0.29) is 11.3 Å². The molecule has 2 heteroatoms. The molecule has 5 aliphatic carbocycles. The molecule has 0 radical (unpaired) electrons. The van der Waals surface area contributed by atoms with Gasteiger partial charge in [0.15, 0.2) is 0 Å². The van der Waals surface area contributed by atoms with Crippen LogP contribution in [0, 0.1) is 56.7 Å². The Bertz CT molecular complexity index is 840. The van der Waals surface area contributed by atoms with E-state index in [0.717, 1.165) is 37.5 Å². The quantitative estimate of drug-likeness (QED) is 0.418. The maximum absolute atomic E-state index is 12.8. The van der Waals surface area contributed by atoms with Gasteiger partial charge in [-0.05, 0) is 109 Å². The number of allylic oxidation sites excluding steroid dienone is 2. The molecule has 0 aliphatic heterocycles. The smallest absolute Gasteiger partial charge is 0.310 e. The lowest BCUT2D eigenvalue weighted by molar-refractivity contribution is -0.189. The van der Waals surface area contributed by atoms with Crippen LogP contribution in [0.25, 0.3) is 0 Å². The minimum Gasteiger partial charge on any atom is -0.481 e. The van der Waals surface area contributed by atoms with Crippen molar-refractivity contribution in [3.8, 4) is 0 Å². The number of carboxylic acid groups (broad SMARTS) is 1. The summed E-state index contributed by atoms with van der Waals surface area (Å²) in [5, 5.41) is 10.5. The fourth-order valence-corrected chi connectivity index (χ4v) is 11.0. The molecule has 0 aromatic rings. The van der Waals surface area contributed by atoms with Crippen molar-refractivity contribution in [1.82, 2.24) is 0 Å². The molecule has 0 bridgehead atoms. The Morgan fingerprint density at radius 2 is 1.62 bits per heavy atom. The van der Waals surface area contributed by atoms with Gasteiger partial charge in [-0.25, -0.2) is 0 Å². The van der Waals surface area contributed by atoms with Crippen LogP contribution in [-0.4, -0.2) is 11.1 Å². The fraction of sp³-hybridized carbons (Fsp3) is 0.900. The van der Waals surface area contributed by atoms with Gasteiger partial charge in [-0.3, -0.25) is 4.79 Å². The Morgan fingerprint density at radius 1 is 0.906 bits per heavy atom. The van der Waals surface area contributed by atoms with Crippen LogP contribution in [0.3, 0.4) is 0 Å². The molecule has 4 fully saturated rings. The molecule has 0 spiro atoms. The minimum absolute atomic E-state index is 0.153. The Labute approximate surface area is 197 Å². The van der Waals surface area contributed by atoms with Gasteiger partial charge in [0.25, 0.3) is 0 Å². The summed E-state index contributed by atoms with van der Waals surface area (Å²) in [6.45, 7) is 17.7. The number of fused-ring (bicyclic) bond motifs is 7. The average molecular weight is 441 g/mol. The van der Waals surface area contributed by atoms with E-state index in [9.17, 15) is 9.90 Å². The van der Waals surface area contributed by atoms with Crippen LogP contribution < -0.4 is 0 Å². The number of hydrogen-bond donors (Lipinski definition) is 1. The van der Waals surface area contributed by atoms with Gasteiger partial charge >= 0.3 is 5.97 Å². The summed E-state index contributed by atoms with van der Waals surface area (Å²) >= 11 is 0. The number of carbonyl (C=O) groups is 1. The van der Waals surface area contributed by atoms with E-state index >= 15 is 0 Å². The minimum atomic E-state index is -0.519. The van der Waals surface area contributed by atoms with Crippen molar-refractivity contribution in [3.05, 3.63) is 11.6 Å². The lowest BCUT2D eigenvalue weighted by atomic mass is 9.33. The van der Waals surface area contributed by atoms with Crippen LogP contribution in [0.2, 0.25) is 0 Å². The molecule has 5 aliphatic rings. The topological polar surface area (TPSA) is 37.3 Å². The molecule has 3 unspecified atom stereocenters. The zero-order chi connectivity index (χ0) is 23.3. The number of carboxylic acids is 1. The summed E-state index contributed by atoms with van der Waals surface area (Å²) < 4.78 is 0. The second-order valence-electron chi connectivity index (χ2n) is 14.5. The first-order valence-electron chi connectivity index (χ1n) is 13.8. The Kier molecular flexibility index (Phi) is 4.94. The van der Waals surface area contributed by atoms with Crippen LogP contribution in [-0.2, 0) is 4.79 Å². The molecule has 2 nitrogen and oxygen atoms in total. The van der Waals surface area contributed by atoms with E-state index in [1.54, 1.807) is 5.57 Å². The van der Waals surface area contributed by atoms with Crippen molar-refractivity contribution < 1.29 is 9.90 Å². The summed E-state index contributed by atoms with van der Waals surface area (Å²) in [4.78, 5) is 12.8. The van der Waals surface area contributed by atoms with Crippen molar-refractivity contribution >= 4 is 5.97 Å². The third-order valence-electron chi connectivity index (χ3n) is 13.2. The highest BCUT2D eigenvalue weighted by Crippen LogP contribution is 2.75. The molecule has 0 aromatic heterocycles. The first kappa shape index (κ1) is 23.0. The monoisotopic (exact) mass is 440 g/mol. The summed E-state index contributed by atoms with van der Waals surface area (Å²) in [6, 6.07) is 0. The SMILES string of the molecule is C[C@@H]1CC[C@]2(C(=O)O)CC[C@]3(C)C(=CCC4[C@@]5(C)CCCC(C)(C)C5CC[C@]43C)C2[C@H]1C. The zero-order valence-corrected chi connectivity index (χ0v) is 21.9. The van der Waals surface area contributed by atoms with E-state index < -0.39 is 11.4 Å². The second kappa shape index (κ2) is 6.88. The Balaban J connectivity index is 1.62. The molecular weight excluding hydrogens is 392 g/mol. The Hall–Kier alpha value is -0.790. The van der Waals surface area contributed by atoms with Crippen LogP contribution >= 0.6 is 0 Å². The zero-order valence-electron chi connectivity index (χ0n) is 21.9. The molecule has 9 atom stereocenters. The maximum atomic E-state index is 12.8. The highest BCUT2D eigenvalue weighted by Gasteiger charge is 2.68. The molecule has 0 aromatic carbocycles. The first-order valence-corrected chi connectivity index (χ1v) is 13.8. The fourth-order valence-electron chi connectivity index (χ4n) is 11.0. The van der Waals surface area contributed by atoms with E-state index in [2.05, 4.69) is 54.5 Å². The predicted octanol–water partition coefficient (Wildman–Crippen LogP) is 8.12. The summed E-state index contributed by atoms with van der Waals surface area (Å²) in [6.07, 6.45) is 14.5. The van der Waals surface area contributed by atoms with Gasteiger partial charge in [0.1, 0.15) is 0 Å². The van der Waals surface area contributed by atoms with Crippen LogP contribution in [0.5, 0.6) is 0 Å². The van der Waals surface area contributed by atoms with Gasteiger partial charge < -0.3 is 5.11 Å². The third kappa shape index (κ3) is 2.62. The van der Waals surface area contributed by atoms with Crippen molar-refractivity contribution in [1.29, 1.82) is 0 Å². The molecular formula is C30H48O2. The highest BCUT2D eigenvalue weighted by molar-refractivity contribution is 5.76. The number of hydrogen-bond acceptors (Lipinski definition) is 1. The van der Waals surface area contributed by atoms with E-state index in [1.165, 1.54) is 38.5 Å². The molecule has 0 heterocycles. The standard InChI is InChI=1S/C30H48O2/c1-19-11-16-30(25(31)32)18-17-28(6)21(24(30)20(19)2)9-10-23-27(5)14-8-13-26(3,4)22(27)12-15-29(23,28)7/h9,19-20,22-24H,8,10-18H2,1-7H3,(H,31,32)/t19-,20+,22?,23?,24?,27+,28-,29-,30+/m1/s1. The normalized spacial score (nSPS) is 54.3. The predicted molar refractivity (Wildman–Crippen MR) is 131 cm³/mol. The van der Waals surface area contributed by atoms with Crippen molar-refractivity contribution in [3.63, 3.8) is 0 Å². The Morgan fingerprint density at radius 3 is 2.31 bits per heavy atom. The van der Waals surface area contributed by atoms with Gasteiger partial charge in [0.05, 0.1) is 5.41 Å². The molecule has 180 valence electrons. The van der Waals surface area contributed by atoms with Crippen LogP contribution in [0.15, 0.2) is 11.6 Å². The average Bonchev–Trinajstić information content (AvgIpc) is 2.70. The van der Waals surface area contributed by atoms with Gasteiger partial charge in [0.2, 0.25) is 0 Å². The van der Waals surface area contributed by atoms with Crippen molar-refractivity contribution in [2.24, 2.45) is 56.7 Å². The van der Waals surface area contributed by atoms with Gasteiger partial charge in [-0.2, -0.15) is 0 Å². The molecule has 0 saturated heterocycles. The maximum Gasteiger partial charge on any atom is 0.310 e. The molecule has 0 amide bonds. The number of rotatable bonds is 1. The molecule has 5 rings (SSSR count). The van der Waals surface area contributed by atoms with Crippen molar-refractivity contribution in [2.75, 3.05) is 0 Å².